The number of benzene rings is 1. The van der Waals surface area contributed by atoms with E-state index in [-0.39, 0.29) is 11.8 Å². The van der Waals surface area contributed by atoms with Crippen LogP contribution in [0.15, 0.2) is 48.8 Å². The van der Waals surface area contributed by atoms with Crippen molar-refractivity contribution in [3.63, 3.8) is 0 Å². The number of anilines is 2. The Kier molecular flexibility index (Phi) is 5.97. The molecule has 1 fully saturated rings. The first-order valence-electron chi connectivity index (χ1n) is 10.4. The predicted octanol–water partition coefficient (Wildman–Crippen LogP) is 2.57. The number of carbonyl (C=O) groups excluding carboxylic acids is 2. The first kappa shape index (κ1) is 20.6. The van der Waals surface area contributed by atoms with Gasteiger partial charge in [-0.05, 0) is 38.1 Å². The lowest BCUT2D eigenvalue weighted by Gasteiger charge is -2.37. The monoisotopic (exact) mass is 418 g/mol. The van der Waals surface area contributed by atoms with Gasteiger partial charge in [0.2, 0.25) is 5.91 Å². The first-order valence-corrected chi connectivity index (χ1v) is 10.4. The minimum atomic E-state index is -0.161. The normalized spacial score (nSPS) is 13.9. The maximum atomic E-state index is 12.9. The van der Waals surface area contributed by atoms with Crippen LogP contribution < -0.4 is 10.2 Å². The van der Waals surface area contributed by atoms with Gasteiger partial charge in [-0.3, -0.25) is 19.7 Å². The molecule has 1 aliphatic rings. The number of hydrogen-bond acceptors (Lipinski definition) is 5. The van der Waals surface area contributed by atoms with Gasteiger partial charge in [0.05, 0.1) is 17.7 Å². The number of H-pyrrole nitrogens is 1. The molecule has 3 aromatic rings. The molecule has 0 unspecified atom stereocenters. The van der Waals surface area contributed by atoms with Gasteiger partial charge in [0.15, 0.2) is 0 Å². The van der Waals surface area contributed by atoms with Crippen LogP contribution in [0.4, 0.5) is 11.4 Å². The average Bonchev–Trinajstić information content (AvgIpc) is 3.12. The molecule has 0 aliphatic carbocycles. The molecule has 1 saturated heterocycles. The highest BCUT2D eigenvalue weighted by molar-refractivity contribution is 6.08. The van der Waals surface area contributed by atoms with Gasteiger partial charge in [0.1, 0.15) is 0 Å². The molecule has 4 rings (SSSR count). The standard InChI is InChI=1S/C23H26N6O2/c1-16-20(17(2)27-26-16)15-22(30)29-13-11-28(12-14-29)21-6-4-3-5-19(21)23(31)25-18-7-9-24-10-8-18/h3-10H,11-15H2,1-2H3,(H,26,27)(H,24,25,31). The number of pyridine rings is 1. The van der Waals surface area contributed by atoms with E-state index in [1.54, 1.807) is 24.5 Å². The van der Waals surface area contributed by atoms with E-state index in [9.17, 15) is 9.59 Å². The van der Waals surface area contributed by atoms with E-state index in [0.717, 1.165) is 22.6 Å². The SMILES string of the molecule is Cc1n[nH]c(C)c1CC(=O)N1CCN(c2ccccc2C(=O)Nc2ccncc2)CC1. The molecule has 8 nitrogen and oxygen atoms in total. The molecule has 2 aromatic heterocycles. The summed E-state index contributed by atoms with van der Waals surface area (Å²) in [5.41, 5.74) is 4.99. The smallest absolute Gasteiger partial charge is 0.257 e. The second-order valence-corrected chi connectivity index (χ2v) is 7.66. The highest BCUT2D eigenvalue weighted by Gasteiger charge is 2.25. The summed E-state index contributed by atoms with van der Waals surface area (Å²) >= 11 is 0. The Labute approximate surface area is 181 Å². The molecule has 2 N–H and O–H groups in total. The zero-order chi connectivity index (χ0) is 21.8. The van der Waals surface area contributed by atoms with Crippen molar-refractivity contribution in [2.24, 2.45) is 0 Å². The van der Waals surface area contributed by atoms with Crippen LogP contribution in [-0.4, -0.2) is 58.1 Å². The molecule has 160 valence electrons. The van der Waals surface area contributed by atoms with Crippen LogP contribution in [0.25, 0.3) is 0 Å². The van der Waals surface area contributed by atoms with E-state index in [4.69, 9.17) is 0 Å². The quantitative estimate of drug-likeness (QED) is 0.664. The average molecular weight is 419 g/mol. The minimum Gasteiger partial charge on any atom is -0.367 e. The molecule has 8 heteroatoms. The van der Waals surface area contributed by atoms with Crippen LogP contribution in [0.5, 0.6) is 0 Å². The summed E-state index contributed by atoms with van der Waals surface area (Å²) in [7, 11) is 0. The van der Waals surface area contributed by atoms with Crippen molar-refractivity contribution in [3.05, 3.63) is 71.3 Å². The third-order valence-corrected chi connectivity index (χ3v) is 5.67. The maximum Gasteiger partial charge on any atom is 0.257 e. The number of para-hydroxylation sites is 1. The van der Waals surface area contributed by atoms with Crippen LogP contribution in [0.1, 0.15) is 27.3 Å². The fraction of sp³-hybridized carbons (Fsp3) is 0.304. The van der Waals surface area contributed by atoms with Crippen molar-refractivity contribution in [2.45, 2.75) is 20.3 Å². The number of carbonyl (C=O) groups is 2. The van der Waals surface area contributed by atoms with E-state index in [1.807, 2.05) is 43.0 Å². The summed E-state index contributed by atoms with van der Waals surface area (Å²) in [6.45, 7) is 6.44. The zero-order valence-corrected chi connectivity index (χ0v) is 17.8. The molecule has 0 spiro atoms. The molecule has 0 bridgehead atoms. The number of rotatable bonds is 5. The lowest BCUT2D eigenvalue weighted by atomic mass is 10.1. The summed E-state index contributed by atoms with van der Waals surface area (Å²) in [6, 6.07) is 11.1. The summed E-state index contributed by atoms with van der Waals surface area (Å²) in [5, 5.41) is 10.0. The summed E-state index contributed by atoms with van der Waals surface area (Å²) in [5.74, 6) is -0.0535. The third kappa shape index (κ3) is 4.58. The Balaban J connectivity index is 1.41. The molecular weight excluding hydrogens is 392 g/mol. The zero-order valence-electron chi connectivity index (χ0n) is 17.8. The van der Waals surface area contributed by atoms with Crippen LogP contribution in [-0.2, 0) is 11.2 Å². The van der Waals surface area contributed by atoms with E-state index < -0.39 is 0 Å². The molecule has 1 aromatic carbocycles. The fourth-order valence-corrected chi connectivity index (χ4v) is 3.87. The van der Waals surface area contributed by atoms with Gasteiger partial charge in [0.25, 0.3) is 5.91 Å². The van der Waals surface area contributed by atoms with Gasteiger partial charge in [-0.15, -0.1) is 0 Å². The van der Waals surface area contributed by atoms with Gasteiger partial charge in [-0.2, -0.15) is 5.10 Å². The van der Waals surface area contributed by atoms with E-state index in [1.165, 1.54) is 0 Å². The van der Waals surface area contributed by atoms with Crippen molar-refractivity contribution < 1.29 is 9.59 Å². The second-order valence-electron chi connectivity index (χ2n) is 7.66. The van der Waals surface area contributed by atoms with Gasteiger partial charge < -0.3 is 15.1 Å². The van der Waals surface area contributed by atoms with Crippen molar-refractivity contribution in [2.75, 3.05) is 36.4 Å². The highest BCUT2D eigenvalue weighted by Crippen LogP contribution is 2.23. The number of amides is 2. The molecule has 0 atom stereocenters. The van der Waals surface area contributed by atoms with E-state index in [2.05, 4.69) is 25.4 Å². The number of piperazine rings is 1. The Morgan fingerprint density at radius 2 is 1.74 bits per heavy atom. The minimum absolute atomic E-state index is 0.107. The number of aromatic amines is 1. The molecule has 2 amide bonds. The van der Waals surface area contributed by atoms with Crippen molar-refractivity contribution >= 4 is 23.2 Å². The molecule has 31 heavy (non-hydrogen) atoms. The second kappa shape index (κ2) is 8.99. The molecule has 1 aliphatic heterocycles. The van der Waals surface area contributed by atoms with E-state index >= 15 is 0 Å². The van der Waals surface area contributed by atoms with Crippen LogP contribution in [0.3, 0.4) is 0 Å². The van der Waals surface area contributed by atoms with Gasteiger partial charge >= 0.3 is 0 Å². The van der Waals surface area contributed by atoms with Crippen LogP contribution in [0.2, 0.25) is 0 Å². The predicted molar refractivity (Wildman–Crippen MR) is 119 cm³/mol. The largest absolute Gasteiger partial charge is 0.367 e. The highest BCUT2D eigenvalue weighted by atomic mass is 16.2. The number of hydrogen-bond donors (Lipinski definition) is 2. The Hall–Kier alpha value is -3.68. The first-order chi connectivity index (χ1) is 15.0. The van der Waals surface area contributed by atoms with Gasteiger partial charge in [-0.1, -0.05) is 12.1 Å². The Bertz CT molecular complexity index is 1050. The van der Waals surface area contributed by atoms with Crippen LogP contribution >= 0.6 is 0 Å². The fourth-order valence-electron chi connectivity index (χ4n) is 3.87. The van der Waals surface area contributed by atoms with E-state index in [0.29, 0.717) is 43.9 Å². The number of aryl methyl sites for hydroxylation is 2. The molecule has 0 saturated carbocycles. The molecule has 0 radical (unpaired) electrons. The maximum absolute atomic E-state index is 12.9. The third-order valence-electron chi connectivity index (χ3n) is 5.67. The number of aromatic nitrogens is 3. The summed E-state index contributed by atoms with van der Waals surface area (Å²) in [4.78, 5) is 33.7. The van der Waals surface area contributed by atoms with Crippen molar-refractivity contribution in [3.8, 4) is 0 Å². The summed E-state index contributed by atoms with van der Waals surface area (Å²) in [6.07, 6.45) is 3.65. The van der Waals surface area contributed by atoms with Gasteiger partial charge in [-0.25, -0.2) is 0 Å². The van der Waals surface area contributed by atoms with Crippen molar-refractivity contribution in [1.82, 2.24) is 20.1 Å². The van der Waals surface area contributed by atoms with Crippen molar-refractivity contribution in [1.29, 1.82) is 0 Å². The summed E-state index contributed by atoms with van der Waals surface area (Å²) < 4.78 is 0. The Morgan fingerprint density at radius 1 is 1.03 bits per heavy atom. The van der Waals surface area contributed by atoms with Crippen LogP contribution in [0, 0.1) is 13.8 Å². The lowest BCUT2D eigenvalue weighted by molar-refractivity contribution is -0.130. The Morgan fingerprint density at radius 3 is 2.42 bits per heavy atom. The topological polar surface area (TPSA) is 94.2 Å². The molecular formula is C23H26N6O2. The number of nitrogens with zero attached hydrogens (tertiary/aromatic N) is 4. The lowest BCUT2D eigenvalue weighted by Crippen LogP contribution is -2.49. The molecule has 3 heterocycles. The number of nitrogens with one attached hydrogen (secondary N) is 2. The van der Waals surface area contributed by atoms with Gasteiger partial charge in [0, 0.05) is 61.2 Å².